The fraction of sp³-hybridized carbons (Fsp3) is 0.130. The maximum absolute atomic E-state index is 11.3. The molecule has 7 nitrogen and oxygen atoms in total. The molecule has 7 heteroatoms. The number of H-pyrrole nitrogens is 1. The Labute approximate surface area is 173 Å². The summed E-state index contributed by atoms with van der Waals surface area (Å²) in [6, 6.07) is 16.9. The number of anilines is 1. The summed E-state index contributed by atoms with van der Waals surface area (Å²) in [4.78, 5) is 18.7. The minimum Gasteiger partial charge on any atom is -0.490 e. The van der Waals surface area contributed by atoms with Gasteiger partial charge in [-0.2, -0.15) is 0 Å². The van der Waals surface area contributed by atoms with Crippen LogP contribution >= 0.6 is 0 Å². The van der Waals surface area contributed by atoms with Crippen LogP contribution in [0.4, 0.5) is 10.5 Å². The average molecular weight is 402 g/mol. The molecule has 0 saturated heterocycles. The second kappa shape index (κ2) is 8.57. The molecule has 0 aliphatic heterocycles. The third-order valence-corrected chi connectivity index (χ3v) is 4.85. The molecule has 1 atom stereocenters. The number of nitrogen functional groups attached to an aromatic ring is 1. The van der Waals surface area contributed by atoms with E-state index in [9.17, 15) is 9.90 Å². The summed E-state index contributed by atoms with van der Waals surface area (Å²) in [5, 5.41) is 12.9. The van der Waals surface area contributed by atoms with E-state index in [0.717, 1.165) is 27.6 Å². The van der Waals surface area contributed by atoms with Crippen LogP contribution in [0.25, 0.3) is 22.0 Å². The largest absolute Gasteiger partial charge is 0.490 e. The lowest BCUT2D eigenvalue weighted by atomic mass is 10.1. The van der Waals surface area contributed by atoms with Crippen molar-refractivity contribution in [3.05, 3.63) is 78.8 Å². The smallest absolute Gasteiger partial charge is 0.405 e. The molecule has 0 radical (unpaired) electrons. The van der Waals surface area contributed by atoms with Crippen molar-refractivity contribution in [2.45, 2.75) is 12.5 Å². The van der Waals surface area contributed by atoms with Gasteiger partial charge in [0.2, 0.25) is 0 Å². The third kappa shape index (κ3) is 4.52. The highest BCUT2D eigenvalue weighted by molar-refractivity contribution is 5.83. The Morgan fingerprint density at radius 3 is 2.83 bits per heavy atom. The molecule has 1 unspecified atom stereocenters. The number of hydrogen-bond acceptors (Lipinski definition) is 4. The molecule has 0 aliphatic carbocycles. The van der Waals surface area contributed by atoms with Gasteiger partial charge < -0.3 is 25.9 Å². The van der Waals surface area contributed by atoms with Crippen molar-refractivity contribution >= 4 is 22.7 Å². The Morgan fingerprint density at radius 1 is 1.13 bits per heavy atom. The van der Waals surface area contributed by atoms with Gasteiger partial charge in [-0.15, -0.1) is 0 Å². The molecule has 2 aromatic carbocycles. The van der Waals surface area contributed by atoms with Crippen LogP contribution in [0.1, 0.15) is 5.56 Å². The van der Waals surface area contributed by atoms with Crippen LogP contribution in [-0.2, 0) is 6.42 Å². The van der Waals surface area contributed by atoms with Crippen molar-refractivity contribution in [3.63, 3.8) is 0 Å². The number of para-hydroxylation sites is 1. The van der Waals surface area contributed by atoms with E-state index < -0.39 is 12.1 Å². The Balaban J connectivity index is 1.49. The molecular formula is C23H22N4O3. The number of nitrogens with two attached hydrogens (primary N) is 1. The van der Waals surface area contributed by atoms with E-state index in [1.807, 2.05) is 60.8 Å². The van der Waals surface area contributed by atoms with Crippen molar-refractivity contribution in [1.29, 1.82) is 0 Å². The van der Waals surface area contributed by atoms with Gasteiger partial charge in [0.15, 0.2) is 0 Å². The van der Waals surface area contributed by atoms with E-state index in [2.05, 4.69) is 15.3 Å². The first-order valence-electron chi connectivity index (χ1n) is 9.57. The standard InChI is InChI=1S/C23H22N4O3/c24-18-5-3-4-15(8-18)16-10-20(13-25-11-16)30-14-19(27-23(28)29)9-17-12-26-22-7-2-1-6-21(17)22/h1-8,10-13,19,26-27H,9,14,24H2,(H,28,29). The van der Waals surface area contributed by atoms with E-state index in [4.69, 9.17) is 10.5 Å². The third-order valence-electron chi connectivity index (χ3n) is 4.85. The minimum atomic E-state index is -1.09. The second-order valence-corrected chi connectivity index (χ2v) is 7.06. The zero-order chi connectivity index (χ0) is 20.9. The highest BCUT2D eigenvalue weighted by atomic mass is 16.5. The summed E-state index contributed by atoms with van der Waals surface area (Å²) in [7, 11) is 0. The van der Waals surface area contributed by atoms with Crippen molar-refractivity contribution in [3.8, 4) is 16.9 Å². The lowest BCUT2D eigenvalue weighted by Gasteiger charge is -2.18. The second-order valence-electron chi connectivity index (χ2n) is 7.06. The van der Waals surface area contributed by atoms with Crippen LogP contribution in [0.3, 0.4) is 0 Å². The van der Waals surface area contributed by atoms with Crippen LogP contribution in [-0.4, -0.2) is 33.8 Å². The highest BCUT2D eigenvalue weighted by Gasteiger charge is 2.16. The number of aromatic amines is 1. The number of ether oxygens (including phenoxy) is 1. The fourth-order valence-corrected chi connectivity index (χ4v) is 3.46. The molecule has 1 amide bonds. The number of nitrogens with one attached hydrogen (secondary N) is 2. The van der Waals surface area contributed by atoms with E-state index >= 15 is 0 Å². The topological polar surface area (TPSA) is 113 Å². The Morgan fingerprint density at radius 2 is 2.00 bits per heavy atom. The molecule has 0 bridgehead atoms. The predicted octanol–water partition coefficient (Wildman–Crippen LogP) is 4.07. The summed E-state index contributed by atoms with van der Waals surface area (Å²) in [6.07, 6.45) is 4.66. The predicted molar refractivity (Wildman–Crippen MR) is 117 cm³/mol. The number of carboxylic acid groups (broad SMARTS) is 1. The lowest BCUT2D eigenvalue weighted by molar-refractivity contribution is 0.181. The maximum atomic E-state index is 11.3. The summed E-state index contributed by atoms with van der Waals surface area (Å²) < 4.78 is 5.89. The Bertz CT molecular complexity index is 1170. The molecule has 5 N–H and O–H groups in total. The first kappa shape index (κ1) is 19.3. The Kier molecular flexibility index (Phi) is 5.52. The molecule has 0 spiro atoms. The first-order chi connectivity index (χ1) is 14.6. The molecule has 30 heavy (non-hydrogen) atoms. The molecular weight excluding hydrogens is 380 g/mol. The first-order valence-corrected chi connectivity index (χ1v) is 9.57. The average Bonchev–Trinajstić information content (AvgIpc) is 3.15. The van der Waals surface area contributed by atoms with Gasteiger partial charge in [0, 0.05) is 34.5 Å². The van der Waals surface area contributed by atoms with Crippen LogP contribution in [0.15, 0.2) is 73.2 Å². The normalized spacial score (nSPS) is 11.9. The van der Waals surface area contributed by atoms with Crippen LogP contribution in [0, 0.1) is 0 Å². The molecule has 152 valence electrons. The number of hydrogen-bond donors (Lipinski definition) is 4. The van der Waals surface area contributed by atoms with Crippen molar-refractivity contribution in [2.75, 3.05) is 12.3 Å². The summed E-state index contributed by atoms with van der Waals surface area (Å²) in [6.45, 7) is 0.174. The molecule has 2 heterocycles. The van der Waals surface area contributed by atoms with Crippen molar-refractivity contribution < 1.29 is 14.6 Å². The van der Waals surface area contributed by atoms with Crippen LogP contribution < -0.4 is 15.8 Å². The maximum Gasteiger partial charge on any atom is 0.405 e. The number of carbonyl (C=O) groups is 1. The van der Waals surface area contributed by atoms with E-state index in [1.54, 1.807) is 12.4 Å². The van der Waals surface area contributed by atoms with Crippen molar-refractivity contribution in [1.82, 2.24) is 15.3 Å². The van der Waals surface area contributed by atoms with Gasteiger partial charge in [0.05, 0.1) is 12.2 Å². The van der Waals surface area contributed by atoms with Gasteiger partial charge in [-0.25, -0.2) is 4.79 Å². The SMILES string of the molecule is Nc1cccc(-c2cncc(OCC(Cc3c[nH]c4ccccc34)NC(=O)O)c2)c1. The van der Waals surface area contributed by atoms with Gasteiger partial charge in [-0.1, -0.05) is 30.3 Å². The molecule has 0 aliphatic rings. The van der Waals surface area contributed by atoms with Crippen LogP contribution in [0.2, 0.25) is 0 Å². The van der Waals surface area contributed by atoms with Gasteiger partial charge in [0.1, 0.15) is 12.4 Å². The Hall–Kier alpha value is -4.00. The zero-order valence-corrected chi connectivity index (χ0v) is 16.2. The summed E-state index contributed by atoms with van der Waals surface area (Å²) >= 11 is 0. The summed E-state index contributed by atoms with van der Waals surface area (Å²) in [5.41, 5.74) is 10.4. The van der Waals surface area contributed by atoms with E-state index in [1.165, 1.54) is 0 Å². The zero-order valence-electron chi connectivity index (χ0n) is 16.2. The monoisotopic (exact) mass is 402 g/mol. The highest BCUT2D eigenvalue weighted by Crippen LogP contribution is 2.24. The number of nitrogens with zero attached hydrogens (tertiary/aromatic N) is 1. The van der Waals surface area contributed by atoms with Crippen molar-refractivity contribution in [2.24, 2.45) is 0 Å². The number of amides is 1. The number of pyridine rings is 1. The number of benzene rings is 2. The van der Waals surface area contributed by atoms with Gasteiger partial charge >= 0.3 is 6.09 Å². The molecule has 0 fully saturated rings. The van der Waals surface area contributed by atoms with Gasteiger partial charge in [-0.05, 0) is 41.8 Å². The lowest BCUT2D eigenvalue weighted by Crippen LogP contribution is -2.39. The molecule has 4 rings (SSSR count). The molecule has 2 aromatic heterocycles. The van der Waals surface area contributed by atoms with Gasteiger partial charge in [0.25, 0.3) is 0 Å². The van der Waals surface area contributed by atoms with E-state index in [-0.39, 0.29) is 6.61 Å². The van der Waals surface area contributed by atoms with E-state index in [0.29, 0.717) is 17.9 Å². The fourth-order valence-electron chi connectivity index (χ4n) is 3.46. The number of aromatic nitrogens is 2. The number of fused-ring (bicyclic) bond motifs is 1. The number of rotatable bonds is 7. The quantitative estimate of drug-likeness (QED) is 0.348. The molecule has 0 saturated carbocycles. The minimum absolute atomic E-state index is 0.174. The van der Waals surface area contributed by atoms with Gasteiger partial charge in [-0.3, -0.25) is 4.98 Å². The van der Waals surface area contributed by atoms with Crippen LogP contribution in [0.5, 0.6) is 5.75 Å². The molecule has 4 aromatic rings. The summed E-state index contributed by atoms with van der Waals surface area (Å²) in [5.74, 6) is 0.561.